The van der Waals surface area contributed by atoms with Gasteiger partial charge in [-0.15, -0.1) is 23.7 Å². The maximum absolute atomic E-state index is 10.3. The van der Waals surface area contributed by atoms with Crippen molar-refractivity contribution in [3.63, 3.8) is 0 Å². The zero-order valence-electron chi connectivity index (χ0n) is 7.17. The Balaban J connectivity index is 0.000000980. The molecule has 2 rings (SSSR count). The average molecular weight is 230 g/mol. The molecule has 5 heteroatoms. The quantitative estimate of drug-likeness (QED) is 0.698. The highest BCUT2D eigenvalue weighted by atomic mass is 35.5. The van der Waals surface area contributed by atoms with E-state index in [2.05, 4.69) is 0 Å². The van der Waals surface area contributed by atoms with Crippen LogP contribution in [0, 0.1) is 0 Å². The summed E-state index contributed by atoms with van der Waals surface area (Å²) in [7, 11) is 0. The van der Waals surface area contributed by atoms with Crippen LogP contribution in [-0.2, 0) is 11.3 Å². The normalized spacial score (nSPS) is 9.71. The van der Waals surface area contributed by atoms with Crippen molar-refractivity contribution in [3.05, 3.63) is 29.9 Å². The van der Waals surface area contributed by atoms with Crippen LogP contribution in [0.3, 0.4) is 0 Å². The van der Waals surface area contributed by atoms with Crippen molar-refractivity contribution in [1.82, 2.24) is 0 Å². The predicted octanol–water partition coefficient (Wildman–Crippen LogP) is 0.360. The van der Waals surface area contributed by atoms with E-state index in [1.54, 1.807) is 22.1 Å². The molecule has 2 aromatic rings. The fourth-order valence-corrected chi connectivity index (χ4v) is 2.02. The third-order valence-electron chi connectivity index (χ3n) is 1.77. The summed E-state index contributed by atoms with van der Waals surface area (Å²) >= 11 is 1.59. The highest BCUT2D eigenvalue weighted by Crippen LogP contribution is 2.17. The number of pyridine rings is 1. The summed E-state index contributed by atoms with van der Waals surface area (Å²) < 4.78 is 2.69. The molecule has 0 aromatic carbocycles. The minimum Gasteiger partial charge on any atom is -0.544 e. The lowest BCUT2D eigenvalue weighted by Gasteiger charge is -1.96. The maximum atomic E-state index is 10.3. The molecular formula is C9H8ClNO2S. The summed E-state index contributed by atoms with van der Waals surface area (Å²) in [5.41, 5.74) is 0. The van der Waals surface area contributed by atoms with Gasteiger partial charge >= 0.3 is 0 Å². The minimum absolute atomic E-state index is 0. The van der Waals surface area contributed by atoms with Crippen LogP contribution >= 0.6 is 23.7 Å². The van der Waals surface area contributed by atoms with Gasteiger partial charge in [0.1, 0.15) is 5.97 Å². The minimum atomic E-state index is -1.07. The molecule has 0 aliphatic rings. The molecule has 0 spiro atoms. The van der Waals surface area contributed by atoms with Crippen LogP contribution in [0.4, 0.5) is 0 Å². The Labute approximate surface area is 91.0 Å². The lowest BCUT2D eigenvalue weighted by molar-refractivity contribution is -0.689. The van der Waals surface area contributed by atoms with E-state index in [0.717, 1.165) is 10.1 Å². The molecule has 0 aliphatic heterocycles. The van der Waals surface area contributed by atoms with E-state index >= 15 is 0 Å². The number of hydrogen-bond acceptors (Lipinski definition) is 3. The number of fused-ring (bicyclic) bond motifs is 1. The number of carboxylic acids is 1. The van der Waals surface area contributed by atoms with Crippen molar-refractivity contribution >= 4 is 39.8 Å². The Morgan fingerprint density at radius 3 is 3.00 bits per heavy atom. The number of hydrogen-bond donors (Lipinski definition) is 0. The molecule has 0 bridgehead atoms. The van der Waals surface area contributed by atoms with Crippen LogP contribution in [0.2, 0.25) is 0 Å². The number of carbonyl (C=O) groups excluding carboxylic acids is 1. The van der Waals surface area contributed by atoms with Gasteiger partial charge < -0.3 is 9.90 Å². The van der Waals surface area contributed by atoms with Gasteiger partial charge in [0.05, 0.1) is 4.70 Å². The molecule has 0 saturated carbocycles. The van der Waals surface area contributed by atoms with E-state index < -0.39 is 5.97 Å². The first-order chi connectivity index (χ1) is 6.25. The topological polar surface area (TPSA) is 44.0 Å². The number of nitrogens with zero attached hydrogens (tertiary/aromatic N) is 1. The standard InChI is InChI=1S/C9H7NO2S.ClH/c11-9(12)6-10-3-1-7-2-4-13-8(7)5-10;/h1-5H,6H2;1H. The number of aliphatic carboxylic acids is 1. The van der Waals surface area contributed by atoms with E-state index in [1.165, 1.54) is 0 Å². The molecular weight excluding hydrogens is 222 g/mol. The lowest BCUT2D eigenvalue weighted by atomic mass is 10.3. The molecule has 0 aliphatic carbocycles. The molecule has 3 nitrogen and oxygen atoms in total. The molecule has 14 heavy (non-hydrogen) atoms. The van der Waals surface area contributed by atoms with E-state index in [-0.39, 0.29) is 19.0 Å². The second-order valence-corrected chi connectivity index (χ2v) is 3.68. The van der Waals surface area contributed by atoms with Crippen molar-refractivity contribution < 1.29 is 14.5 Å². The SMILES string of the molecule is Cl.O=C([O-])C[n+]1ccc2ccsc2c1. The van der Waals surface area contributed by atoms with Crippen LogP contribution in [0.5, 0.6) is 0 Å². The van der Waals surface area contributed by atoms with Crippen molar-refractivity contribution in [3.8, 4) is 0 Å². The van der Waals surface area contributed by atoms with Gasteiger partial charge in [0.15, 0.2) is 18.9 Å². The Hall–Kier alpha value is -1.13. The second-order valence-electron chi connectivity index (χ2n) is 2.73. The molecule has 0 amide bonds. The highest BCUT2D eigenvalue weighted by molar-refractivity contribution is 7.17. The Morgan fingerprint density at radius 1 is 1.50 bits per heavy atom. The Morgan fingerprint density at radius 2 is 2.29 bits per heavy atom. The zero-order valence-corrected chi connectivity index (χ0v) is 8.81. The van der Waals surface area contributed by atoms with E-state index in [0.29, 0.717) is 0 Å². The summed E-state index contributed by atoms with van der Waals surface area (Å²) in [5, 5.41) is 13.4. The number of thiophene rings is 1. The van der Waals surface area contributed by atoms with Crippen molar-refractivity contribution in [2.75, 3.05) is 0 Å². The first-order valence-electron chi connectivity index (χ1n) is 3.82. The molecule has 0 fully saturated rings. The van der Waals surface area contributed by atoms with Gasteiger partial charge in [0, 0.05) is 11.5 Å². The summed E-state index contributed by atoms with van der Waals surface area (Å²) in [5.74, 6) is -1.07. The third kappa shape index (κ3) is 2.21. The van der Waals surface area contributed by atoms with Crippen molar-refractivity contribution in [1.29, 1.82) is 0 Å². The molecule has 0 saturated heterocycles. The predicted molar refractivity (Wildman–Crippen MR) is 54.3 cm³/mol. The fraction of sp³-hybridized carbons (Fsp3) is 0.111. The average Bonchev–Trinajstić information content (AvgIpc) is 2.49. The van der Waals surface area contributed by atoms with Gasteiger partial charge in [-0.05, 0) is 11.4 Å². The Kier molecular flexibility index (Phi) is 3.43. The first-order valence-corrected chi connectivity index (χ1v) is 4.70. The van der Waals surface area contributed by atoms with Gasteiger partial charge in [0.25, 0.3) is 0 Å². The van der Waals surface area contributed by atoms with Crippen molar-refractivity contribution in [2.45, 2.75) is 6.54 Å². The van der Waals surface area contributed by atoms with E-state index in [4.69, 9.17) is 0 Å². The third-order valence-corrected chi connectivity index (χ3v) is 2.63. The van der Waals surface area contributed by atoms with Crippen LogP contribution < -0.4 is 9.67 Å². The summed E-state index contributed by atoms with van der Waals surface area (Å²) in [6.45, 7) is -0.0894. The molecule has 0 radical (unpaired) electrons. The van der Waals surface area contributed by atoms with Gasteiger partial charge in [0.2, 0.25) is 0 Å². The van der Waals surface area contributed by atoms with Crippen LogP contribution in [0.1, 0.15) is 0 Å². The Bertz CT molecular complexity index is 455. The van der Waals surface area contributed by atoms with E-state index in [9.17, 15) is 9.90 Å². The lowest BCUT2D eigenvalue weighted by Crippen LogP contribution is -2.43. The summed E-state index contributed by atoms with van der Waals surface area (Å²) in [6, 6.07) is 3.90. The van der Waals surface area contributed by atoms with Crippen LogP contribution in [-0.4, -0.2) is 5.97 Å². The molecule has 2 aromatic heterocycles. The molecule has 0 unspecified atom stereocenters. The number of carboxylic acid groups (broad SMARTS) is 1. The summed E-state index contributed by atoms with van der Waals surface area (Å²) in [6.07, 6.45) is 3.56. The van der Waals surface area contributed by atoms with E-state index in [1.807, 2.05) is 23.7 Å². The van der Waals surface area contributed by atoms with Gasteiger partial charge in [-0.3, -0.25) is 0 Å². The van der Waals surface area contributed by atoms with Gasteiger partial charge in [-0.2, -0.15) is 4.57 Å². The largest absolute Gasteiger partial charge is 0.544 e. The first kappa shape index (κ1) is 10.9. The monoisotopic (exact) mass is 229 g/mol. The maximum Gasteiger partial charge on any atom is 0.188 e. The summed E-state index contributed by atoms with van der Waals surface area (Å²) in [4.78, 5) is 10.3. The highest BCUT2D eigenvalue weighted by Gasteiger charge is 2.03. The number of halogens is 1. The molecule has 2 heterocycles. The smallest absolute Gasteiger partial charge is 0.188 e. The number of aromatic nitrogens is 1. The molecule has 0 atom stereocenters. The number of rotatable bonds is 2. The second kappa shape index (κ2) is 4.39. The molecule has 74 valence electrons. The number of carbonyl (C=O) groups is 1. The van der Waals surface area contributed by atoms with Crippen molar-refractivity contribution in [2.24, 2.45) is 0 Å². The van der Waals surface area contributed by atoms with Crippen LogP contribution in [0.25, 0.3) is 10.1 Å². The zero-order chi connectivity index (χ0) is 9.26. The fourth-order valence-electron chi connectivity index (χ4n) is 1.19. The van der Waals surface area contributed by atoms with Gasteiger partial charge in [-0.1, -0.05) is 0 Å². The van der Waals surface area contributed by atoms with Crippen LogP contribution in [0.15, 0.2) is 29.9 Å². The molecule has 0 N–H and O–H groups in total. The van der Waals surface area contributed by atoms with Gasteiger partial charge in [-0.25, -0.2) is 0 Å².